The van der Waals surface area contributed by atoms with Crippen LogP contribution in [-0.4, -0.2) is 30.3 Å². The van der Waals surface area contributed by atoms with Crippen LogP contribution in [0.3, 0.4) is 0 Å². The number of rotatable bonds is 5. The number of H-pyrrole nitrogens is 1. The molecule has 0 radical (unpaired) electrons. The van der Waals surface area contributed by atoms with Crippen LogP contribution >= 0.6 is 0 Å². The quantitative estimate of drug-likeness (QED) is 0.498. The van der Waals surface area contributed by atoms with Crippen molar-refractivity contribution in [2.24, 2.45) is 0 Å². The number of hydrogen-bond acceptors (Lipinski definition) is 4. The van der Waals surface area contributed by atoms with Crippen LogP contribution in [-0.2, 0) is 0 Å². The van der Waals surface area contributed by atoms with Gasteiger partial charge in [-0.15, -0.1) is 0 Å². The van der Waals surface area contributed by atoms with Crippen molar-refractivity contribution in [3.63, 3.8) is 0 Å². The molecule has 4 aromatic rings. The minimum Gasteiger partial charge on any atom is -0.497 e. The molecular formula is C22H17F2N3O3. The lowest BCUT2D eigenvalue weighted by Gasteiger charge is -2.10. The van der Waals surface area contributed by atoms with E-state index in [-0.39, 0.29) is 11.4 Å². The standard InChI is InChI=1S/C22H17F2N3O3/c1-29-14-5-7-15(20(11-14)30-2)12-3-6-16-19(10-12)26-27-21(16)25-22(28)13-4-8-17(23)18(24)9-13/h3-11H,1-2H3,(H2,25,26,27,28). The van der Waals surface area contributed by atoms with Gasteiger partial charge in [0.05, 0.1) is 19.7 Å². The first-order valence-corrected chi connectivity index (χ1v) is 8.97. The van der Waals surface area contributed by atoms with Gasteiger partial charge in [-0.2, -0.15) is 5.10 Å². The predicted molar refractivity (Wildman–Crippen MR) is 109 cm³/mol. The second-order valence-electron chi connectivity index (χ2n) is 6.48. The van der Waals surface area contributed by atoms with Crippen LogP contribution in [0.4, 0.5) is 14.6 Å². The average Bonchev–Trinajstić information content (AvgIpc) is 3.16. The minimum absolute atomic E-state index is 0.00959. The number of methoxy groups -OCH3 is 2. The van der Waals surface area contributed by atoms with Gasteiger partial charge in [-0.3, -0.25) is 9.89 Å². The van der Waals surface area contributed by atoms with Gasteiger partial charge in [0, 0.05) is 22.6 Å². The number of ether oxygens (including phenoxy) is 2. The Morgan fingerprint density at radius 3 is 2.53 bits per heavy atom. The fourth-order valence-corrected chi connectivity index (χ4v) is 3.14. The molecule has 2 N–H and O–H groups in total. The Bertz CT molecular complexity index is 1250. The highest BCUT2D eigenvalue weighted by atomic mass is 19.2. The van der Waals surface area contributed by atoms with Gasteiger partial charge in [0.2, 0.25) is 0 Å². The average molecular weight is 409 g/mol. The van der Waals surface area contributed by atoms with E-state index in [1.807, 2.05) is 24.3 Å². The van der Waals surface area contributed by atoms with E-state index in [0.717, 1.165) is 23.3 Å². The number of benzene rings is 3. The number of anilines is 1. The third-order valence-electron chi connectivity index (χ3n) is 4.70. The topological polar surface area (TPSA) is 76.2 Å². The van der Waals surface area contributed by atoms with Crippen LogP contribution in [0.1, 0.15) is 10.4 Å². The Balaban J connectivity index is 1.64. The van der Waals surface area contributed by atoms with E-state index in [2.05, 4.69) is 15.5 Å². The summed E-state index contributed by atoms with van der Waals surface area (Å²) in [6, 6.07) is 14.0. The molecule has 6 nitrogen and oxygen atoms in total. The molecule has 3 aromatic carbocycles. The van der Waals surface area contributed by atoms with Crippen LogP contribution in [0.15, 0.2) is 54.6 Å². The van der Waals surface area contributed by atoms with E-state index in [9.17, 15) is 13.6 Å². The van der Waals surface area contributed by atoms with Gasteiger partial charge >= 0.3 is 0 Å². The number of amides is 1. The Labute approximate surface area is 170 Å². The number of nitrogens with one attached hydrogen (secondary N) is 2. The van der Waals surface area contributed by atoms with E-state index in [1.165, 1.54) is 6.07 Å². The molecule has 0 aliphatic rings. The van der Waals surface area contributed by atoms with Gasteiger partial charge in [0.25, 0.3) is 5.91 Å². The number of fused-ring (bicyclic) bond motifs is 1. The molecule has 30 heavy (non-hydrogen) atoms. The highest BCUT2D eigenvalue weighted by Crippen LogP contribution is 2.35. The summed E-state index contributed by atoms with van der Waals surface area (Å²) in [6.07, 6.45) is 0. The van der Waals surface area contributed by atoms with Crippen molar-refractivity contribution < 1.29 is 23.0 Å². The zero-order chi connectivity index (χ0) is 21.3. The van der Waals surface area contributed by atoms with Crippen LogP contribution < -0.4 is 14.8 Å². The molecule has 1 heterocycles. The molecule has 0 spiro atoms. The van der Waals surface area contributed by atoms with Gasteiger partial charge in [-0.25, -0.2) is 8.78 Å². The molecule has 0 unspecified atom stereocenters. The number of hydrogen-bond donors (Lipinski definition) is 2. The minimum atomic E-state index is -1.09. The summed E-state index contributed by atoms with van der Waals surface area (Å²) in [5.41, 5.74) is 2.42. The molecular weight excluding hydrogens is 392 g/mol. The number of carbonyl (C=O) groups excluding carboxylic acids is 1. The van der Waals surface area contributed by atoms with Gasteiger partial charge in [-0.05, 0) is 48.0 Å². The second kappa shape index (κ2) is 7.82. The van der Waals surface area contributed by atoms with Crippen molar-refractivity contribution in [2.45, 2.75) is 0 Å². The lowest BCUT2D eigenvalue weighted by molar-refractivity contribution is 0.102. The van der Waals surface area contributed by atoms with Crippen LogP contribution in [0.2, 0.25) is 0 Å². The molecule has 0 bridgehead atoms. The second-order valence-corrected chi connectivity index (χ2v) is 6.48. The molecule has 0 saturated carbocycles. The summed E-state index contributed by atoms with van der Waals surface area (Å²) in [7, 11) is 3.17. The lowest BCUT2D eigenvalue weighted by atomic mass is 10.0. The Hall–Kier alpha value is -3.94. The largest absolute Gasteiger partial charge is 0.497 e. The molecule has 4 rings (SSSR count). The first kappa shape index (κ1) is 19.4. The predicted octanol–water partition coefficient (Wildman–Crippen LogP) is 4.78. The molecule has 0 atom stereocenters. The maximum absolute atomic E-state index is 13.4. The van der Waals surface area contributed by atoms with Crippen LogP contribution in [0, 0.1) is 11.6 Å². The van der Waals surface area contributed by atoms with E-state index in [0.29, 0.717) is 22.4 Å². The summed E-state index contributed by atoms with van der Waals surface area (Å²) >= 11 is 0. The maximum atomic E-state index is 13.4. The molecule has 0 saturated heterocycles. The van der Waals surface area contributed by atoms with E-state index in [1.54, 1.807) is 26.4 Å². The summed E-state index contributed by atoms with van der Waals surface area (Å²) < 4.78 is 37.2. The number of aromatic nitrogens is 2. The molecule has 0 aliphatic carbocycles. The third-order valence-corrected chi connectivity index (χ3v) is 4.70. The van der Waals surface area contributed by atoms with Crippen molar-refractivity contribution in [1.29, 1.82) is 0 Å². The third kappa shape index (κ3) is 3.55. The first-order chi connectivity index (χ1) is 14.5. The highest BCUT2D eigenvalue weighted by molar-refractivity contribution is 6.08. The number of halogens is 2. The zero-order valence-electron chi connectivity index (χ0n) is 16.1. The summed E-state index contributed by atoms with van der Waals surface area (Å²) in [5.74, 6) is -1.08. The zero-order valence-corrected chi connectivity index (χ0v) is 16.1. The smallest absolute Gasteiger partial charge is 0.256 e. The summed E-state index contributed by atoms with van der Waals surface area (Å²) in [4.78, 5) is 12.4. The van der Waals surface area contributed by atoms with Crippen molar-refractivity contribution in [2.75, 3.05) is 19.5 Å². The van der Waals surface area contributed by atoms with E-state index < -0.39 is 17.5 Å². The van der Waals surface area contributed by atoms with Crippen molar-refractivity contribution >= 4 is 22.6 Å². The van der Waals surface area contributed by atoms with Crippen LogP contribution in [0.25, 0.3) is 22.0 Å². The molecule has 0 fully saturated rings. The monoisotopic (exact) mass is 409 g/mol. The molecule has 0 aliphatic heterocycles. The van der Waals surface area contributed by atoms with Gasteiger partial charge in [0.15, 0.2) is 17.5 Å². The Morgan fingerprint density at radius 1 is 0.967 bits per heavy atom. The maximum Gasteiger partial charge on any atom is 0.256 e. The van der Waals surface area contributed by atoms with E-state index in [4.69, 9.17) is 9.47 Å². The lowest BCUT2D eigenvalue weighted by Crippen LogP contribution is -2.13. The Kier molecular flexibility index (Phi) is 5.05. The van der Waals surface area contributed by atoms with Crippen molar-refractivity contribution in [3.8, 4) is 22.6 Å². The summed E-state index contributed by atoms with van der Waals surface area (Å²) in [5, 5.41) is 10.3. The van der Waals surface area contributed by atoms with Crippen LogP contribution in [0.5, 0.6) is 11.5 Å². The van der Waals surface area contributed by atoms with E-state index >= 15 is 0 Å². The number of nitrogens with zero attached hydrogens (tertiary/aromatic N) is 1. The molecule has 8 heteroatoms. The fourth-order valence-electron chi connectivity index (χ4n) is 3.14. The summed E-state index contributed by atoms with van der Waals surface area (Å²) in [6.45, 7) is 0. The SMILES string of the molecule is COc1ccc(-c2ccc3c(NC(=O)c4ccc(F)c(F)c4)n[nH]c3c2)c(OC)c1. The molecule has 1 amide bonds. The fraction of sp³-hybridized carbons (Fsp3) is 0.0909. The van der Waals surface area contributed by atoms with Gasteiger partial charge < -0.3 is 14.8 Å². The Morgan fingerprint density at radius 2 is 1.80 bits per heavy atom. The highest BCUT2D eigenvalue weighted by Gasteiger charge is 2.15. The molecule has 152 valence electrons. The normalized spacial score (nSPS) is 10.8. The molecule has 1 aromatic heterocycles. The van der Waals surface area contributed by atoms with Gasteiger partial charge in [-0.1, -0.05) is 6.07 Å². The number of carbonyl (C=O) groups is 1. The number of aromatic amines is 1. The van der Waals surface area contributed by atoms with Crippen molar-refractivity contribution in [1.82, 2.24) is 10.2 Å². The van der Waals surface area contributed by atoms with Gasteiger partial charge in [0.1, 0.15) is 11.5 Å². The van der Waals surface area contributed by atoms with Crippen molar-refractivity contribution in [3.05, 3.63) is 71.8 Å². The first-order valence-electron chi connectivity index (χ1n) is 8.97.